The Bertz CT molecular complexity index is 451. The van der Waals surface area contributed by atoms with Gasteiger partial charge in [0.05, 0.1) is 6.61 Å². The van der Waals surface area contributed by atoms with E-state index < -0.39 is 0 Å². The highest BCUT2D eigenvalue weighted by Crippen LogP contribution is 2.24. The van der Waals surface area contributed by atoms with Crippen molar-refractivity contribution in [3.8, 4) is 0 Å². The molecule has 21 heavy (non-hydrogen) atoms. The van der Waals surface area contributed by atoms with E-state index in [0.717, 1.165) is 42.5 Å². The highest BCUT2D eigenvalue weighted by Gasteiger charge is 2.25. The molecule has 0 spiro atoms. The Morgan fingerprint density at radius 2 is 2.00 bits per heavy atom. The molecule has 0 amide bonds. The summed E-state index contributed by atoms with van der Waals surface area (Å²) < 4.78 is 7.62. The fraction of sp³-hybridized carbons (Fsp3) is 0.867. The van der Waals surface area contributed by atoms with Crippen molar-refractivity contribution in [1.29, 1.82) is 0 Å². The first-order chi connectivity index (χ1) is 10.3. The van der Waals surface area contributed by atoms with Crippen molar-refractivity contribution >= 4 is 11.8 Å². The van der Waals surface area contributed by atoms with Crippen molar-refractivity contribution < 1.29 is 4.74 Å². The molecule has 6 heteroatoms. The molecule has 0 bridgehead atoms. The molecule has 2 fully saturated rings. The molecule has 0 N–H and O–H groups in total. The van der Waals surface area contributed by atoms with Crippen molar-refractivity contribution in [2.75, 3.05) is 39.1 Å². The summed E-state index contributed by atoms with van der Waals surface area (Å²) in [6, 6.07) is 0. The minimum Gasteiger partial charge on any atom is -0.381 e. The average molecular weight is 310 g/mol. The number of ether oxygens (including phenoxy) is 1. The smallest absolute Gasteiger partial charge is 0.190 e. The molecule has 2 aliphatic heterocycles. The third kappa shape index (κ3) is 3.79. The Hall–Kier alpha value is -0.590. The van der Waals surface area contributed by atoms with E-state index in [0.29, 0.717) is 0 Å². The van der Waals surface area contributed by atoms with Crippen LogP contribution in [0.5, 0.6) is 0 Å². The number of hydrogen-bond acceptors (Lipinski definition) is 5. The van der Waals surface area contributed by atoms with Crippen LogP contribution in [0.3, 0.4) is 0 Å². The van der Waals surface area contributed by atoms with Gasteiger partial charge in [-0.3, -0.25) is 0 Å². The van der Waals surface area contributed by atoms with Crippen LogP contribution in [0.4, 0.5) is 0 Å². The lowest BCUT2D eigenvalue weighted by molar-refractivity contribution is 0.140. The molecule has 5 nitrogen and oxygen atoms in total. The Balaban J connectivity index is 1.45. The summed E-state index contributed by atoms with van der Waals surface area (Å²) in [5.41, 5.74) is 0. The first-order valence-corrected chi connectivity index (χ1v) is 9.21. The number of likely N-dealkylation sites (tertiary alicyclic amines) is 1. The fourth-order valence-electron chi connectivity index (χ4n) is 3.42. The molecule has 3 rings (SSSR count). The van der Waals surface area contributed by atoms with Crippen LogP contribution < -0.4 is 0 Å². The summed E-state index contributed by atoms with van der Waals surface area (Å²) in [7, 11) is 2.08. The van der Waals surface area contributed by atoms with Gasteiger partial charge in [0.2, 0.25) is 0 Å². The van der Waals surface area contributed by atoms with E-state index in [1.807, 2.05) is 0 Å². The lowest BCUT2D eigenvalue weighted by Gasteiger charge is -2.33. The van der Waals surface area contributed by atoms with E-state index in [4.69, 9.17) is 4.74 Å². The summed E-state index contributed by atoms with van der Waals surface area (Å²) in [5, 5.41) is 9.60. The molecule has 0 radical (unpaired) electrons. The highest BCUT2D eigenvalue weighted by atomic mass is 32.2. The number of nitrogens with zero attached hydrogens (tertiary/aromatic N) is 4. The number of piperidine rings is 1. The van der Waals surface area contributed by atoms with E-state index in [9.17, 15) is 0 Å². The number of aromatic nitrogens is 3. The molecule has 0 aromatic carbocycles. The minimum atomic E-state index is 0.763. The van der Waals surface area contributed by atoms with Crippen molar-refractivity contribution in [3.63, 3.8) is 0 Å². The molecule has 1 aromatic rings. The Kier molecular flexibility index (Phi) is 5.19. The molecule has 0 aliphatic carbocycles. The highest BCUT2D eigenvalue weighted by molar-refractivity contribution is 7.98. The largest absolute Gasteiger partial charge is 0.381 e. The second kappa shape index (κ2) is 7.11. The maximum Gasteiger partial charge on any atom is 0.190 e. The molecule has 1 aromatic heterocycles. The van der Waals surface area contributed by atoms with Crippen LogP contribution in [0.2, 0.25) is 0 Å². The van der Waals surface area contributed by atoms with Gasteiger partial charge in [-0.1, -0.05) is 11.8 Å². The van der Waals surface area contributed by atoms with Crippen LogP contribution in [-0.4, -0.2) is 58.8 Å². The molecule has 0 unspecified atom stereocenters. The van der Waals surface area contributed by atoms with Crippen LogP contribution in [0.25, 0.3) is 0 Å². The van der Waals surface area contributed by atoms with Gasteiger partial charge < -0.3 is 14.2 Å². The van der Waals surface area contributed by atoms with Crippen LogP contribution in [0, 0.1) is 11.8 Å². The van der Waals surface area contributed by atoms with E-state index >= 15 is 0 Å². The van der Waals surface area contributed by atoms with Crippen LogP contribution in [0.15, 0.2) is 5.16 Å². The Morgan fingerprint density at radius 1 is 1.19 bits per heavy atom. The first kappa shape index (κ1) is 15.3. The quantitative estimate of drug-likeness (QED) is 0.776. The van der Waals surface area contributed by atoms with Crippen LogP contribution in [0.1, 0.15) is 25.1 Å². The molecule has 2 aliphatic rings. The molecule has 3 heterocycles. The first-order valence-electron chi connectivity index (χ1n) is 7.98. The fourth-order valence-corrected chi connectivity index (χ4v) is 3.93. The lowest BCUT2D eigenvalue weighted by Crippen LogP contribution is -2.37. The van der Waals surface area contributed by atoms with Crippen LogP contribution >= 0.6 is 11.8 Å². The van der Waals surface area contributed by atoms with Gasteiger partial charge in [-0.05, 0) is 50.4 Å². The molecule has 118 valence electrons. The summed E-state index contributed by atoms with van der Waals surface area (Å²) in [6.45, 7) is 5.62. The molecule has 2 saturated heterocycles. The summed E-state index contributed by atoms with van der Waals surface area (Å²) >= 11 is 1.67. The van der Waals surface area contributed by atoms with Gasteiger partial charge in [0, 0.05) is 26.6 Å². The van der Waals surface area contributed by atoms with Crippen molar-refractivity contribution in [2.45, 2.75) is 30.8 Å². The van der Waals surface area contributed by atoms with Gasteiger partial charge in [-0.25, -0.2) is 0 Å². The van der Waals surface area contributed by atoms with Gasteiger partial charge in [-0.15, -0.1) is 10.2 Å². The van der Waals surface area contributed by atoms with E-state index in [1.165, 1.54) is 38.9 Å². The lowest BCUT2D eigenvalue weighted by atomic mass is 9.92. The molecular weight excluding hydrogens is 284 g/mol. The van der Waals surface area contributed by atoms with E-state index in [1.54, 1.807) is 11.8 Å². The maximum absolute atomic E-state index is 5.48. The van der Waals surface area contributed by atoms with Crippen molar-refractivity contribution in [1.82, 2.24) is 19.7 Å². The Morgan fingerprint density at radius 3 is 2.62 bits per heavy atom. The Labute approximate surface area is 131 Å². The van der Waals surface area contributed by atoms with Gasteiger partial charge in [-0.2, -0.15) is 0 Å². The zero-order valence-electron chi connectivity index (χ0n) is 13.1. The number of thioether (sulfide) groups is 1. The summed E-state index contributed by atoms with van der Waals surface area (Å²) in [6.07, 6.45) is 6.95. The predicted octanol–water partition coefficient (Wildman–Crippen LogP) is 1.83. The number of rotatable bonds is 5. The SMILES string of the molecule is CSc1nnc(CC2CCN(C[C@H]3CCOC3)CC2)n1C. The predicted molar refractivity (Wildman–Crippen MR) is 84.6 cm³/mol. The summed E-state index contributed by atoms with van der Waals surface area (Å²) in [4.78, 5) is 2.62. The molecule has 1 atom stereocenters. The van der Waals surface area contributed by atoms with Gasteiger partial charge in [0.15, 0.2) is 5.16 Å². The van der Waals surface area contributed by atoms with Gasteiger partial charge in [0.25, 0.3) is 0 Å². The van der Waals surface area contributed by atoms with Crippen molar-refractivity contribution in [3.05, 3.63) is 5.82 Å². The number of hydrogen-bond donors (Lipinski definition) is 0. The van der Waals surface area contributed by atoms with Crippen molar-refractivity contribution in [2.24, 2.45) is 18.9 Å². The average Bonchev–Trinajstić information content (AvgIpc) is 3.12. The maximum atomic E-state index is 5.48. The second-order valence-electron chi connectivity index (χ2n) is 6.34. The third-order valence-corrected chi connectivity index (χ3v) is 5.55. The standard InChI is InChI=1S/C15H26N4OS/c1-18-14(16-17-15(18)21-2)9-12-3-6-19(7-4-12)10-13-5-8-20-11-13/h12-13H,3-11H2,1-2H3/t13-/m1/s1. The summed E-state index contributed by atoms with van der Waals surface area (Å²) in [5.74, 6) is 2.67. The zero-order chi connectivity index (χ0) is 14.7. The normalized spacial score (nSPS) is 24.8. The molecule has 0 saturated carbocycles. The third-order valence-electron chi connectivity index (χ3n) is 4.83. The zero-order valence-corrected chi connectivity index (χ0v) is 13.9. The monoisotopic (exact) mass is 310 g/mol. The molecular formula is C15H26N4OS. The van der Waals surface area contributed by atoms with Crippen LogP contribution in [-0.2, 0) is 18.2 Å². The second-order valence-corrected chi connectivity index (χ2v) is 7.11. The van der Waals surface area contributed by atoms with E-state index in [-0.39, 0.29) is 0 Å². The van der Waals surface area contributed by atoms with Gasteiger partial charge in [0.1, 0.15) is 5.82 Å². The topological polar surface area (TPSA) is 43.2 Å². The minimum absolute atomic E-state index is 0.763. The van der Waals surface area contributed by atoms with E-state index in [2.05, 4.69) is 33.0 Å². The van der Waals surface area contributed by atoms with Gasteiger partial charge >= 0.3 is 0 Å².